The zero-order valence-corrected chi connectivity index (χ0v) is 8.55. The lowest BCUT2D eigenvalue weighted by molar-refractivity contribution is 1.05. The van der Waals surface area contributed by atoms with Crippen LogP contribution in [0.3, 0.4) is 0 Å². The van der Waals surface area contributed by atoms with Crippen LogP contribution in [0, 0.1) is 6.92 Å². The van der Waals surface area contributed by atoms with E-state index < -0.39 is 0 Å². The number of aromatic nitrogens is 4. The van der Waals surface area contributed by atoms with E-state index in [2.05, 4.69) is 20.2 Å². The van der Waals surface area contributed by atoms with Crippen LogP contribution in [0.5, 0.6) is 0 Å². The highest BCUT2D eigenvalue weighted by atomic mass is 35.5. The van der Waals surface area contributed by atoms with E-state index in [0.717, 1.165) is 11.2 Å². The number of nitrogens with zero attached hydrogens (tertiary/aromatic N) is 3. The van der Waals surface area contributed by atoms with Crippen molar-refractivity contribution in [2.24, 2.45) is 0 Å². The highest BCUT2D eigenvalue weighted by molar-refractivity contribution is 6.29. The molecule has 70 valence electrons. The largest absolute Gasteiger partial charge is 0.278 e. The Labute approximate surface area is 81.4 Å². The summed E-state index contributed by atoms with van der Waals surface area (Å²) in [5, 5.41) is 7.03. The Morgan fingerprint density at radius 2 is 2.08 bits per heavy atom. The van der Waals surface area contributed by atoms with Gasteiger partial charge in [-0.15, -0.1) is 0 Å². The Bertz CT molecular complexity index is 396. The van der Waals surface area contributed by atoms with E-state index in [4.69, 9.17) is 11.6 Å². The van der Waals surface area contributed by atoms with Gasteiger partial charge in [0.05, 0.1) is 11.9 Å². The fraction of sp³-hybridized carbons (Fsp3) is 0.375. The Hall–Kier alpha value is -1.16. The molecule has 0 amide bonds. The SMILES string of the molecule is CC.Cc1[nH]nc2nc(Cl)cnc12. The van der Waals surface area contributed by atoms with Gasteiger partial charge >= 0.3 is 0 Å². The number of rotatable bonds is 0. The van der Waals surface area contributed by atoms with Crippen molar-refractivity contribution in [3.8, 4) is 0 Å². The van der Waals surface area contributed by atoms with Crippen molar-refractivity contribution in [3.63, 3.8) is 0 Å². The summed E-state index contributed by atoms with van der Waals surface area (Å²) < 4.78 is 0. The molecule has 1 N–H and O–H groups in total. The predicted molar refractivity (Wildman–Crippen MR) is 52.8 cm³/mol. The van der Waals surface area contributed by atoms with Gasteiger partial charge in [-0.25, -0.2) is 9.97 Å². The maximum Gasteiger partial charge on any atom is 0.201 e. The molecule has 0 aliphatic rings. The standard InChI is InChI=1S/C6H5ClN4.C2H6/c1-3-5-6(11-10-3)9-4(7)2-8-5;1-2/h2H,1H3,(H,9,10,11);1-2H3. The van der Waals surface area contributed by atoms with Crippen molar-refractivity contribution in [2.75, 3.05) is 0 Å². The molecule has 2 aromatic heterocycles. The van der Waals surface area contributed by atoms with E-state index in [0.29, 0.717) is 10.8 Å². The van der Waals surface area contributed by atoms with E-state index in [9.17, 15) is 0 Å². The molecule has 2 heterocycles. The molecule has 0 saturated heterocycles. The van der Waals surface area contributed by atoms with Crippen LogP contribution in [0.2, 0.25) is 5.15 Å². The number of aryl methyl sites for hydroxylation is 1. The quantitative estimate of drug-likeness (QED) is 0.707. The second-order valence-electron chi connectivity index (χ2n) is 2.21. The molecule has 0 aromatic carbocycles. The summed E-state index contributed by atoms with van der Waals surface area (Å²) in [4.78, 5) is 8.01. The molecule has 0 radical (unpaired) electrons. The van der Waals surface area contributed by atoms with Gasteiger partial charge < -0.3 is 0 Å². The highest BCUT2D eigenvalue weighted by Crippen LogP contribution is 2.11. The lowest BCUT2D eigenvalue weighted by Gasteiger charge is -1.87. The van der Waals surface area contributed by atoms with Crippen LogP contribution in [-0.4, -0.2) is 20.2 Å². The Morgan fingerprint density at radius 1 is 1.38 bits per heavy atom. The van der Waals surface area contributed by atoms with Crippen molar-refractivity contribution < 1.29 is 0 Å². The van der Waals surface area contributed by atoms with Crippen molar-refractivity contribution in [1.29, 1.82) is 0 Å². The molecule has 0 aliphatic heterocycles. The maximum atomic E-state index is 5.60. The molecule has 0 saturated carbocycles. The van der Waals surface area contributed by atoms with Crippen LogP contribution in [0.15, 0.2) is 6.20 Å². The van der Waals surface area contributed by atoms with Crippen molar-refractivity contribution in [1.82, 2.24) is 20.2 Å². The van der Waals surface area contributed by atoms with Gasteiger partial charge in [0.25, 0.3) is 0 Å². The third kappa shape index (κ3) is 1.95. The van der Waals surface area contributed by atoms with Gasteiger partial charge in [-0.3, -0.25) is 5.10 Å². The molecule has 0 aliphatic carbocycles. The Morgan fingerprint density at radius 3 is 2.77 bits per heavy atom. The average molecular weight is 199 g/mol. The van der Waals surface area contributed by atoms with Gasteiger partial charge in [0.15, 0.2) is 0 Å². The third-order valence-electron chi connectivity index (χ3n) is 1.41. The minimum Gasteiger partial charge on any atom is -0.278 e. The van der Waals surface area contributed by atoms with Crippen LogP contribution in [0.4, 0.5) is 0 Å². The van der Waals surface area contributed by atoms with Gasteiger partial charge in [0, 0.05) is 0 Å². The summed E-state index contributed by atoms with van der Waals surface area (Å²) in [5.41, 5.74) is 2.24. The summed E-state index contributed by atoms with van der Waals surface area (Å²) in [7, 11) is 0. The molecule has 0 spiro atoms. The first-order valence-electron chi connectivity index (χ1n) is 4.10. The van der Waals surface area contributed by atoms with E-state index in [-0.39, 0.29) is 0 Å². The van der Waals surface area contributed by atoms with Crippen LogP contribution >= 0.6 is 11.6 Å². The molecule has 5 heteroatoms. The number of hydrogen-bond acceptors (Lipinski definition) is 3. The molecule has 4 nitrogen and oxygen atoms in total. The molecule has 0 fully saturated rings. The van der Waals surface area contributed by atoms with Crippen molar-refractivity contribution in [2.45, 2.75) is 20.8 Å². The van der Waals surface area contributed by atoms with Gasteiger partial charge in [-0.05, 0) is 6.92 Å². The molecule has 0 atom stereocenters. The van der Waals surface area contributed by atoms with Crippen molar-refractivity contribution >= 4 is 22.8 Å². The fourth-order valence-corrected chi connectivity index (χ4v) is 1.02. The molecular weight excluding hydrogens is 188 g/mol. The van der Waals surface area contributed by atoms with Gasteiger partial charge in [0.1, 0.15) is 10.7 Å². The smallest absolute Gasteiger partial charge is 0.201 e. The highest BCUT2D eigenvalue weighted by Gasteiger charge is 2.02. The van der Waals surface area contributed by atoms with Crippen LogP contribution in [0.25, 0.3) is 11.2 Å². The lowest BCUT2D eigenvalue weighted by Crippen LogP contribution is -1.81. The monoisotopic (exact) mass is 198 g/mol. The molecule has 0 unspecified atom stereocenters. The summed E-state index contributed by atoms with van der Waals surface area (Å²) >= 11 is 5.60. The third-order valence-corrected chi connectivity index (χ3v) is 1.59. The van der Waals surface area contributed by atoms with Crippen LogP contribution in [0.1, 0.15) is 19.5 Å². The number of hydrogen-bond donors (Lipinski definition) is 1. The minimum atomic E-state index is 0.365. The van der Waals surface area contributed by atoms with E-state index >= 15 is 0 Å². The van der Waals surface area contributed by atoms with E-state index in [1.165, 1.54) is 6.20 Å². The van der Waals surface area contributed by atoms with Crippen LogP contribution in [-0.2, 0) is 0 Å². The first-order chi connectivity index (χ1) is 6.27. The second kappa shape index (κ2) is 4.18. The Balaban J connectivity index is 0.000000396. The van der Waals surface area contributed by atoms with E-state index in [1.807, 2.05) is 20.8 Å². The predicted octanol–water partition coefficient (Wildman–Crippen LogP) is 2.34. The summed E-state index contributed by atoms with van der Waals surface area (Å²) in [5.74, 6) is 0. The zero-order valence-electron chi connectivity index (χ0n) is 7.80. The molecule has 13 heavy (non-hydrogen) atoms. The number of aromatic amines is 1. The van der Waals surface area contributed by atoms with Gasteiger partial charge in [-0.2, -0.15) is 5.10 Å². The normalized spacial score (nSPS) is 9.54. The summed E-state index contributed by atoms with van der Waals surface area (Å²) in [6, 6.07) is 0. The lowest BCUT2D eigenvalue weighted by atomic mass is 10.4. The fourth-order valence-electron chi connectivity index (χ4n) is 0.891. The molecule has 0 bridgehead atoms. The number of fused-ring (bicyclic) bond motifs is 1. The maximum absolute atomic E-state index is 5.60. The minimum absolute atomic E-state index is 0.365. The van der Waals surface area contributed by atoms with Gasteiger partial charge in [0.2, 0.25) is 5.65 Å². The summed E-state index contributed by atoms with van der Waals surface area (Å²) in [6.07, 6.45) is 1.51. The first-order valence-corrected chi connectivity index (χ1v) is 4.48. The van der Waals surface area contributed by atoms with Gasteiger partial charge in [-0.1, -0.05) is 25.4 Å². The average Bonchev–Trinajstić information content (AvgIpc) is 2.51. The summed E-state index contributed by atoms with van der Waals surface area (Å²) in [6.45, 7) is 5.89. The number of H-pyrrole nitrogens is 1. The topological polar surface area (TPSA) is 54.5 Å². The van der Waals surface area contributed by atoms with E-state index in [1.54, 1.807) is 0 Å². The number of nitrogens with one attached hydrogen (secondary N) is 1. The van der Waals surface area contributed by atoms with Crippen LogP contribution < -0.4 is 0 Å². The molecular formula is C8H11ClN4. The second-order valence-corrected chi connectivity index (χ2v) is 2.60. The Kier molecular flexibility index (Phi) is 3.19. The molecule has 2 rings (SSSR count). The van der Waals surface area contributed by atoms with Crippen molar-refractivity contribution in [3.05, 3.63) is 17.0 Å². The molecule has 2 aromatic rings. The zero-order chi connectivity index (χ0) is 9.84. The first kappa shape index (κ1) is 9.92. The number of halogens is 1.